The fourth-order valence-corrected chi connectivity index (χ4v) is 7.55. The number of hydrogen-bond acceptors (Lipinski definition) is 8. The molecule has 11 heteroatoms. The SMILES string of the molecule is CC(=O)OCC1=C(C(=O)OC(C)(C)C)N2C(=O)C(CC(=O)COc3ccc4c(c3)CCc3c-4[nH]c4ccc(Cl)cc34)C2SC1. The lowest BCUT2D eigenvalue weighted by atomic mass is 9.89. The molecule has 230 valence electrons. The van der Waals surface area contributed by atoms with Crippen molar-refractivity contribution in [3.05, 3.63) is 63.8 Å². The number of aryl methyl sites for hydroxylation is 2. The molecule has 2 aromatic carbocycles. The van der Waals surface area contributed by atoms with Gasteiger partial charge in [-0.3, -0.25) is 19.3 Å². The Labute approximate surface area is 264 Å². The number of halogens is 1. The lowest BCUT2D eigenvalue weighted by molar-refractivity contribution is -0.161. The van der Waals surface area contributed by atoms with Crippen molar-refractivity contribution in [2.75, 3.05) is 19.0 Å². The van der Waals surface area contributed by atoms with E-state index in [-0.39, 0.29) is 42.4 Å². The van der Waals surface area contributed by atoms with Gasteiger partial charge in [-0.05, 0) is 81.1 Å². The number of H-pyrrole nitrogens is 1. The third-order valence-corrected chi connectivity index (χ3v) is 9.54. The monoisotopic (exact) mass is 636 g/mol. The quantitative estimate of drug-likeness (QED) is 0.250. The number of esters is 2. The van der Waals surface area contributed by atoms with E-state index in [9.17, 15) is 19.2 Å². The Balaban J connectivity index is 1.10. The first-order valence-electron chi connectivity index (χ1n) is 14.5. The summed E-state index contributed by atoms with van der Waals surface area (Å²) in [4.78, 5) is 55.7. The second kappa shape index (κ2) is 11.6. The van der Waals surface area contributed by atoms with Crippen molar-refractivity contribution in [3.63, 3.8) is 0 Å². The Morgan fingerprint density at radius 3 is 2.66 bits per heavy atom. The summed E-state index contributed by atoms with van der Waals surface area (Å²) in [5.41, 5.74) is 5.45. The molecule has 3 heterocycles. The highest BCUT2D eigenvalue weighted by Gasteiger charge is 2.54. The second-order valence-electron chi connectivity index (χ2n) is 12.3. The van der Waals surface area contributed by atoms with E-state index in [0.29, 0.717) is 22.1 Å². The molecule has 1 N–H and O–H groups in total. The number of nitrogens with zero attached hydrogens (tertiary/aromatic N) is 1. The van der Waals surface area contributed by atoms with E-state index in [1.807, 2.05) is 36.4 Å². The largest absolute Gasteiger partial charge is 0.486 e. The van der Waals surface area contributed by atoms with E-state index in [0.717, 1.165) is 40.6 Å². The summed E-state index contributed by atoms with van der Waals surface area (Å²) in [7, 11) is 0. The average molecular weight is 637 g/mol. The van der Waals surface area contributed by atoms with Gasteiger partial charge in [-0.2, -0.15) is 0 Å². The molecule has 0 radical (unpaired) electrons. The molecule has 9 nitrogen and oxygen atoms in total. The van der Waals surface area contributed by atoms with Gasteiger partial charge in [0.1, 0.15) is 30.3 Å². The van der Waals surface area contributed by atoms with Gasteiger partial charge in [-0.15, -0.1) is 11.8 Å². The van der Waals surface area contributed by atoms with Crippen LogP contribution in [0.3, 0.4) is 0 Å². The molecule has 1 aliphatic carbocycles. The van der Waals surface area contributed by atoms with Crippen LogP contribution in [0, 0.1) is 5.92 Å². The molecule has 3 aliphatic rings. The summed E-state index contributed by atoms with van der Waals surface area (Å²) < 4.78 is 16.6. The van der Waals surface area contributed by atoms with Gasteiger partial charge in [0.05, 0.1) is 11.3 Å². The molecule has 2 atom stereocenters. The molecule has 1 aromatic heterocycles. The van der Waals surface area contributed by atoms with Crippen molar-refractivity contribution in [2.45, 2.75) is 57.9 Å². The smallest absolute Gasteiger partial charge is 0.355 e. The zero-order valence-electron chi connectivity index (χ0n) is 25.0. The molecule has 0 spiro atoms. The summed E-state index contributed by atoms with van der Waals surface area (Å²) >= 11 is 7.67. The summed E-state index contributed by atoms with van der Waals surface area (Å²) in [5, 5.41) is 1.46. The van der Waals surface area contributed by atoms with Crippen LogP contribution in [-0.2, 0) is 41.5 Å². The summed E-state index contributed by atoms with van der Waals surface area (Å²) in [6, 6.07) is 11.7. The summed E-state index contributed by atoms with van der Waals surface area (Å²) in [5.74, 6) is -1.29. The van der Waals surface area contributed by atoms with E-state index in [1.165, 1.54) is 29.1 Å². The molecule has 44 heavy (non-hydrogen) atoms. The number of nitrogens with one attached hydrogen (secondary N) is 1. The van der Waals surface area contributed by atoms with Crippen LogP contribution in [0.5, 0.6) is 5.75 Å². The Morgan fingerprint density at radius 2 is 1.91 bits per heavy atom. The maximum Gasteiger partial charge on any atom is 0.355 e. The zero-order valence-corrected chi connectivity index (χ0v) is 26.5. The lowest BCUT2D eigenvalue weighted by Crippen LogP contribution is -2.62. The number of ether oxygens (including phenoxy) is 3. The number of aromatic nitrogens is 1. The summed E-state index contributed by atoms with van der Waals surface area (Å²) in [6.07, 6.45) is 1.71. The van der Waals surface area contributed by atoms with Crippen LogP contribution in [0.1, 0.15) is 45.2 Å². The van der Waals surface area contributed by atoms with Crippen LogP contribution in [0.25, 0.3) is 22.2 Å². The molecular weight excluding hydrogens is 604 g/mol. The fourth-order valence-electron chi connectivity index (χ4n) is 5.98. The van der Waals surface area contributed by atoms with Crippen molar-refractivity contribution in [2.24, 2.45) is 5.92 Å². The minimum atomic E-state index is -0.778. The van der Waals surface area contributed by atoms with E-state index < -0.39 is 23.5 Å². The number of β-lactam (4-membered cyclic amide) rings is 1. The number of fused-ring (bicyclic) bond motifs is 6. The first-order valence-corrected chi connectivity index (χ1v) is 15.9. The number of aromatic amines is 1. The molecule has 2 unspecified atom stereocenters. The van der Waals surface area contributed by atoms with Gasteiger partial charge in [0, 0.05) is 51.9 Å². The van der Waals surface area contributed by atoms with Crippen molar-refractivity contribution in [1.29, 1.82) is 0 Å². The van der Waals surface area contributed by atoms with Gasteiger partial charge < -0.3 is 19.2 Å². The van der Waals surface area contributed by atoms with Crippen LogP contribution in [0.4, 0.5) is 0 Å². The van der Waals surface area contributed by atoms with Crippen LogP contribution in [0.15, 0.2) is 47.7 Å². The van der Waals surface area contributed by atoms with Gasteiger partial charge >= 0.3 is 11.9 Å². The van der Waals surface area contributed by atoms with Crippen molar-refractivity contribution in [3.8, 4) is 17.0 Å². The van der Waals surface area contributed by atoms with Gasteiger partial charge in [-0.25, -0.2) is 4.79 Å². The molecule has 1 amide bonds. The Bertz CT molecular complexity index is 1740. The predicted octanol–water partition coefficient (Wildman–Crippen LogP) is 5.62. The van der Waals surface area contributed by atoms with E-state index in [1.54, 1.807) is 20.8 Å². The number of hydrogen-bond donors (Lipinski definition) is 1. The number of carbonyl (C=O) groups is 4. The zero-order chi connectivity index (χ0) is 31.3. The molecule has 0 bridgehead atoms. The Hall–Kier alpha value is -3.76. The highest BCUT2D eigenvalue weighted by atomic mass is 35.5. The van der Waals surface area contributed by atoms with Gasteiger partial charge in [0.25, 0.3) is 0 Å². The molecule has 6 rings (SSSR count). The number of thioether (sulfide) groups is 1. The van der Waals surface area contributed by atoms with Gasteiger partial charge in [0.15, 0.2) is 5.78 Å². The van der Waals surface area contributed by atoms with E-state index in [4.69, 9.17) is 25.8 Å². The topological polar surface area (TPSA) is 115 Å². The van der Waals surface area contributed by atoms with Crippen molar-refractivity contribution < 1.29 is 33.4 Å². The Morgan fingerprint density at radius 1 is 1.11 bits per heavy atom. The first kappa shape index (κ1) is 30.3. The standard InChI is InChI=1S/C33H33ClN2O7S/c1-17(37)41-14-19-16-44-31-26(30(39)36(31)29(19)32(40)43-33(2,3)4)13-21(38)15-42-22-7-9-23-18(11-22)5-8-24-25-12-20(34)6-10-27(25)35-28(23)24/h6-7,9-12,26,31,35H,5,8,13-16H2,1-4H3. The fraction of sp³-hybridized carbons (Fsp3) is 0.394. The molecule has 0 saturated carbocycles. The van der Waals surface area contributed by atoms with Crippen LogP contribution >= 0.6 is 23.4 Å². The molecular formula is C33H33ClN2O7S. The normalized spacial score (nSPS) is 19.1. The van der Waals surface area contributed by atoms with Crippen LogP contribution < -0.4 is 4.74 Å². The van der Waals surface area contributed by atoms with Gasteiger partial charge in [-0.1, -0.05) is 11.6 Å². The third kappa shape index (κ3) is 5.85. The molecule has 2 aliphatic heterocycles. The van der Waals surface area contributed by atoms with Crippen LogP contribution in [0.2, 0.25) is 5.02 Å². The third-order valence-electron chi connectivity index (χ3n) is 7.91. The average Bonchev–Trinajstić information content (AvgIpc) is 3.34. The van der Waals surface area contributed by atoms with Crippen molar-refractivity contribution in [1.82, 2.24) is 9.88 Å². The first-order chi connectivity index (χ1) is 20.9. The maximum absolute atomic E-state index is 13.3. The highest BCUT2D eigenvalue weighted by molar-refractivity contribution is 8.00. The number of ketones is 1. The number of carbonyl (C=O) groups excluding carboxylic acids is 4. The van der Waals surface area contributed by atoms with E-state index >= 15 is 0 Å². The minimum absolute atomic E-state index is 0.000196. The second-order valence-corrected chi connectivity index (χ2v) is 13.8. The number of rotatable bonds is 8. The van der Waals surface area contributed by atoms with Crippen molar-refractivity contribution >= 4 is 57.9 Å². The number of Topliss-reactive ketones (excluding diaryl/α,β-unsaturated/α-hetero) is 1. The summed E-state index contributed by atoms with van der Waals surface area (Å²) in [6.45, 7) is 6.23. The van der Waals surface area contributed by atoms with Gasteiger partial charge in [0.2, 0.25) is 5.91 Å². The number of benzene rings is 2. The minimum Gasteiger partial charge on any atom is -0.486 e. The predicted molar refractivity (Wildman–Crippen MR) is 167 cm³/mol. The van der Waals surface area contributed by atoms with E-state index in [2.05, 4.69) is 4.98 Å². The Kier molecular flexibility index (Phi) is 8.00. The van der Waals surface area contributed by atoms with Crippen LogP contribution in [-0.4, -0.2) is 63.5 Å². The number of amides is 1. The molecule has 3 aromatic rings. The highest BCUT2D eigenvalue weighted by Crippen LogP contribution is 2.46. The molecule has 1 fully saturated rings. The lowest BCUT2D eigenvalue weighted by Gasteiger charge is -2.50. The maximum atomic E-state index is 13.3. The molecule has 1 saturated heterocycles.